The molecule has 166 valence electrons. The van der Waals surface area contributed by atoms with Gasteiger partial charge in [-0.05, 0) is 50.2 Å². The van der Waals surface area contributed by atoms with E-state index in [2.05, 4.69) is 26.5 Å². The van der Waals surface area contributed by atoms with Crippen LogP contribution in [0.5, 0.6) is 0 Å². The molecule has 0 radical (unpaired) electrons. The molecular formula is C23H24FN5O2S. The van der Waals surface area contributed by atoms with Crippen LogP contribution in [-0.4, -0.2) is 58.0 Å². The van der Waals surface area contributed by atoms with E-state index in [4.69, 9.17) is 0 Å². The number of rotatable bonds is 5. The fourth-order valence-corrected chi connectivity index (χ4v) is 4.49. The van der Waals surface area contributed by atoms with E-state index in [-0.39, 0.29) is 22.6 Å². The molecule has 1 fully saturated rings. The van der Waals surface area contributed by atoms with Gasteiger partial charge >= 0.3 is 0 Å². The molecule has 0 bridgehead atoms. The molecule has 0 spiro atoms. The van der Waals surface area contributed by atoms with Crippen molar-refractivity contribution in [3.63, 3.8) is 0 Å². The predicted octanol–water partition coefficient (Wildman–Crippen LogP) is 3.50. The van der Waals surface area contributed by atoms with Gasteiger partial charge in [0.15, 0.2) is 0 Å². The second-order valence-electron chi connectivity index (χ2n) is 7.91. The van der Waals surface area contributed by atoms with Crippen LogP contribution in [0, 0.1) is 19.7 Å². The first-order valence-electron chi connectivity index (χ1n) is 10.4. The van der Waals surface area contributed by atoms with Crippen molar-refractivity contribution in [3.05, 3.63) is 75.0 Å². The van der Waals surface area contributed by atoms with Gasteiger partial charge in [-0.15, -0.1) is 10.2 Å². The van der Waals surface area contributed by atoms with Crippen LogP contribution in [0.25, 0.3) is 0 Å². The van der Waals surface area contributed by atoms with E-state index < -0.39 is 0 Å². The van der Waals surface area contributed by atoms with E-state index in [1.807, 2.05) is 30.9 Å². The van der Waals surface area contributed by atoms with E-state index in [1.54, 1.807) is 0 Å². The Bertz CT molecular complexity index is 1100. The van der Waals surface area contributed by atoms with Crippen LogP contribution in [0.15, 0.2) is 42.5 Å². The highest BCUT2D eigenvalue weighted by molar-refractivity contribution is 7.13. The molecular weight excluding hydrogens is 429 g/mol. The first kappa shape index (κ1) is 22.0. The second kappa shape index (κ2) is 9.54. The van der Waals surface area contributed by atoms with Crippen LogP contribution < -0.4 is 5.32 Å². The van der Waals surface area contributed by atoms with Crippen LogP contribution in [0.3, 0.4) is 0 Å². The number of carbonyl (C=O) groups is 2. The molecule has 1 saturated heterocycles. The Kier molecular flexibility index (Phi) is 6.57. The molecule has 1 N–H and O–H groups in total. The highest BCUT2D eigenvalue weighted by Crippen LogP contribution is 2.18. The monoisotopic (exact) mass is 453 g/mol. The second-order valence-corrected chi connectivity index (χ2v) is 8.97. The molecule has 7 nitrogen and oxygen atoms in total. The van der Waals surface area contributed by atoms with E-state index >= 15 is 0 Å². The zero-order valence-corrected chi connectivity index (χ0v) is 18.8. The lowest BCUT2D eigenvalue weighted by atomic mass is 10.1. The van der Waals surface area contributed by atoms with Crippen molar-refractivity contribution in [2.75, 3.05) is 31.5 Å². The van der Waals surface area contributed by atoms with Gasteiger partial charge in [0.2, 0.25) is 5.01 Å². The molecule has 0 saturated carbocycles. The van der Waals surface area contributed by atoms with E-state index in [1.165, 1.54) is 35.6 Å². The lowest BCUT2D eigenvalue weighted by Crippen LogP contribution is -2.48. The van der Waals surface area contributed by atoms with Gasteiger partial charge in [-0.2, -0.15) is 0 Å². The summed E-state index contributed by atoms with van der Waals surface area (Å²) in [5.74, 6) is -0.673. The van der Waals surface area contributed by atoms with Gasteiger partial charge in [0.1, 0.15) is 10.8 Å². The molecule has 0 aliphatic carbocycles. The maximum Gasteiger partial charge on any atom is 0.286 e. The van der Waals surface area contributed by atoms with Crippen molar-refractivity contribution in [2.45, 2.75) is 20.4 Å². The number of hydrogen-bond donors (Lipinski definition) is 1. The van der Waals surface area contributed by atoms with Crippen molar-refractivity contribution < 1.29 is 14.0 Å². The van der Waals surface area contributed by atoms with Gasteiger partial charge in [-0.3, -0.25) is 14.5 Å². The van der Waals surface area contributed by atoms with Crippen LogP contribution >= 0.6 is 11.3 Å². The first-order valence-corrected chi connectivity index (χ1v) is 11.2. The molecule has 4 rings (SSSR count). The maximum atomic E-state index is 13.0. The van der Waals surface area contributed by atoms with Gasteiger partial charge in [0.25, 0.3) is 11.8 Å². The van der Waals surface area contributed by atoms with E-state index in [9.17, 15) is 14.0 Å². The molecule has 9 heteroatoms. The third-order valence-corrected chi connectivity index (χ3v) is 6.16. The van der Waals surface area contributed by atoms with Gasteiger partial charge in [0.05, 0.1) is 6.54 Å². The molecule has 32 heavy (non-hydrogen) atoms. The van der Waals surface area contributed by atoms with Gasteiger partial charge < -0.3 is 10.2 Å². The predicted molar refractivity (Wildman–Crippen MR) is 121 cm³/mol. The SMILES string of the molecule is Cc1cc(C)cc(C(=O)N2CCN(Cc3nnc(C(=O)Nc4ccc(F)cc4)s3)CC2)c1. The summed E-state index contributed by atoms with van der Waals surface area (Å²) in [7, 11) is 0. The number of amides is 2. The van der Waals surface area contributed by atoms with Crippen molar-refractivity contribution in [2.24, 2.45) is 0 Å². The standard InChI is InChI=1S/C23H24FN5O2S/c1-15-11-16(2)13-17(12-15)23(31)29-9-7-28(8-10-29)14-20-26-27-22(32-20)21(30)25-19-5-3-18(24)4-6-19/h3-6,11-13H,7-10,14H2,1-2H3,(H,25,30). The summed E-state index contributed by atoms with van der Waals surface area (Å²) < 4.78 is 13.0. The molecule has 2 aromatic carbocycles. The fraction of sp³-hybridized carbons (Fsp3) is 0.304. The summed E-state index contributed by atoms with van der Waals surface area (Å²) in [6.07, 6.45) is 0. The highest BCUT2D eigenvalue weighted by Gasteiger charge is 2.23. The number of halogens is 1. The quantitative estimate of drug-likeness (QED) is 0.640. The van der Waals surface area contributed by atoms with Crippen LogP contribution in [0.2, 0.25) is 0 Å². The van der Waals surface area contributed by atoms with Crippen molar-refractivity contribution in [1.82, 2.24) is 20.0 Å². The number of nitrogens with zero attached hydrogens (tertiary/aromatic N) is 4. The number of aromatic nitrogens is 2. The molecule has 1 aliphatic heterocycles. The van der Waals surface area contributed by atoms with Crippen LogP contribution in [-0.2, 0) is 6.54 Å². The normalized spacial score (nSPS) is 14.4. The Balaban J connectivity index is 1.30. The van der Waals surface area contributed by atoms with Crippen LogP contribution in [0.1, 0.15) is 36.3 Å². The Morgan fingerprint density at radius 2 is 1.66 bits per heavy atom. The summed E-state index contributed by atoms with van der Waals surface area (Å²) in [5.41, 5.74) is 3.40. The number of nitrogens with one attached hydrogen (secondary N) is 1. The Morgan fingerprint density at radius 3 is 2.31 bits per heavy atom. The zero-order valence-electron chi connectivity index (χ0n) is 18.0. The van der Waals surface area contributed by atoms with Crippen LogP contribution in [0.4, 0.5) is 10.1 Å². The maximum absolute atomic E-state index is 13.0. The van der Waals surface area contributed by atoms with Gasteiger partial charge in [0, 0.05) is 37.4 Å². The summed E-state index contributed by atoms with van der Waals surface area (Å²) in [4.78, 5) is 29.3. The summed E-state index contributed by atoms with van der Waals surface area (Å²) in [5, 5.41) is 11.8. The third-order valence-electron chi connectivity index (χ3n) is 5.25. The molecule has 1 aromatic heterocycles. The summed E-state index contributed by atoms with van der Waals surface area (Å²) in [6.45, 7) is 7.31. The smallest absolute Gasteiger partial charge is 0.286 e. The van der Waals surface area contributed by atoms with Gasteiger partial charge in [-0.25, -0.2) is 4.39 Å². The third kappa shape index (κ3) is 5.35. The van der Waals surface area contributed by atoms with Crippen molar-refractivity contribution in [3.8, 4) is 0 Å². The lowest BCUT2D eigenvalue weighted by Gasteiger charge is -2.34. The number of anilines is 1. The van der Waals surface area contributed by atoms with E-state index in [0.29, 0.717) is 25.3 Å². The number of hydrogen-bond acceptors (Lipinski definition) is 6. The Morgan fingerprint density at radius 1 is 1.00 bits per heavy atom. The Labute approximate surface area is 189 Å². The number of aryl methyl sites for hydroxylation is 2. The topological polar surface area (TPSA) is 78.4 Å². The fourth-order valence-electron chi connectivity index (χ4n) is 3.71. The minimum absolute atomic E-state index is 0.0621. The number of benzene rings is 2. The zero-order chi connectivity index (χ0) is 22.7. The average Bonchev–Trinajstić information content (AvgIpc) is 3.23. The summed E-state index contributed by atoms with van der Waals surface area (Å²) >= 11 is 1.23. The van der Waals surface area contributed by atoms with E-state index in [0.717, 1.165) is 34.8 Å². The minimum Gasteiger partial charge on any atom is -0.336 e. The Hall–Kier alpha value is -3.17. The van der Waals surface area contributed by atoms with Crippen molar-refractivity contribution >= 4 is 28.8 Å². The molecule has 2 heterocycles. The minimum atomic E-state index is -0.371. The average molecular weight is 454 g/mol. The number of carbonyl (C=O) groups excluding carboxylic acids is 2. The van der Waals surface area contributed by atoms with Gasteiger partial charge in [-0.1, -0.05) is 28.5 Å². The van der Waals surface area contributed by atoms with Crippen molar-refractivity contribution in [1.29, 1.82) is 0 Å². The highest BCUT2D eigenvalue weighted by atomic mass is 32.1. The first-order chi connectivity index (χ1) is 15.4. The largest absolute Gasteiger partial charge is 0.336 e. The lowest BCUT2D eigenvalue weighted by molar-refractivity contribution is 0.0628. The molecule has 2 amide bonds. The number of piperazine rings is 1. The molecule has 0 atom stereocenters. The summed E-state index contributed by atoms with van der Waals surface area (Å²) in [6, 6.07) is 11.5. The molecule has 1 aliphatic rings. The molecule has 0 unspecified atom stereocenters. The molecule has 3 aromatic rings.